The third-order valence-electron chi connectivity index (χ3n) is 2.56. The molecule has 7 nitrogen and oxygen atoms in total. The molecule has 0 saturated carbocycles. The first kappa shape index (κ1) is 12.9. The van der Waals surface area contributed by atoms with Gasteiger partial charge in [0.15, 0.2) is 11.1 Å². The Morgan fingerprint density at radius 3 is 3.39 bits per heavy atom. The number of nitrogens with two attached hydrogens (primary N) is 1. The van der Waals surface area contributed by atoms with Gasteiger partial charge in [-0.1, -0.05) is 0 Å². The second-order valence-electron chi connectivity index (χ2n) is 3.84. The number of nitrogens with one attached hydrogen (secondary N) is 1. The zero-order chi connectivity index (χ0) is 13.0. The van der Waals surface area contributed by atoms with E-state index < -0.39 is 0 Å². The molecule has 1 saturated heterocycles. The van der Waals surface area contributed by atoms with Gasteiger partial charge in [-0.2, -0.15) is 5.26 Å². The molecule has 1 unspecified atom stereocenters. The van der Waals surface area contributed by atoms with Gasteiger partial charge in [-0.25, -0.2) is 10.8 Å². The summed E-state index contributed by atoms with van der Waals surface area (Å²) in [5, 5.41) is 11.0. The van der Waals surface area contributed by atoms with Crippen LogP contribution in [-0.2, 0) is 11.3 Å². The number of nitriles is 1. The van der Waals surface area contributed by atoms with Crippen LogP contribution in [0, 0.1) is 11.3 Å². The number of nitrogens with zero attached hydrogens (tertiary/aromatic N) is 3. The van der Waals surface area contributed by atoms with Crippen molar-refractivity contribution in [3.05, 3.63) is 16.1 Å². The summed E-state index contributed by atoms with van der Waals surface area (Å²) in [5.41, 5.74) is 2.85. The van der Waals surface area contributed by atoms with Gasteiger partial charge in [0.05, 0.1) is 18.4 Å². The van der Waals surface area contributed by atoms with Crippen LogP contribution in [0.25, 0.3) is 0 Å². The van der Waals surface area contributed by atoms with E-state index in [1.807, 2.05) is 10.8 Å². The van der Waals surface area contributed by atoms with Crippen LogP contribution in [0.1, 0.15) is 15.5 Å². The van der Waals surface area contributed by atoms with Crippen molar-refractivity contribution >= 4 is 17.2 Å². The minimum atomic E-state index is -0.386. The lowest BCUT2D eigenvalue weighted by atomic mass is 10.3. The molecule has 8 heteroatoms. The summed E-state index contributed by atoms with van der Waals surface area (Å²) in [6.07, 6.45) is -0.385. The lowest BCUT2D eigenvalue weighted by Crippen LogP contribution is -2.41. The molecule has 96 valence electrons. The van der Waals surface area contributed by atoms with Gasteiger partial charge < -0.3 is 4.74 Å². The molecule has 3 N–H and O–H groups in total. The normalized spacial score (nSPS) is 20.3. The fraction of sp³-hybridized carbons (Fsp3) is 0.500. The maximum Gasteiger partial charge on any atom is 0.294 e. The van der Waals surface area contributed by atoms with Gasteiger partial charge >= 0.3 is 0 Å². The molecule has 1 amide bonds. The molecule has 1 fully saturated rings. The van der Waals surface area contributed by atoms with Crippen LogP contribution in [0.4, 0.5) is 0 Å². The number of thiazole rings is 1. The minimum Gasteiger partial charge on any atom is -0.361 e. The van der Waals surface area contributed by atoms with E-state index in [-0.39, 0.29) is 12.0 Å². The standard InChI is InChI=1S/C10H13N5O2S/c11-3-8-5-15(1-2-17-8)4-7-6-18-10(13-7)9(16)14-12/h6,8H,1-2,4-5,12H2,(H,14,16). The molecule has 2 rings (SSSR count). The van der Waals surface area contributed by atoms with Gasteiger partial charge in [0.25, 0.3) is 5.91 Å². The second-order valence-corrected chi connectivity index (χ2v) is 4.70. The highest BCUT2D eigenvalue weighted by molar-refractivity contribution is 7.11. The maximum absolute atomic E-state index is 11.3. The van der Waals surface area contributed by atoms with Gasteiger partial charge in [0.2, 0.25) is 0 Å². The van der Waals surface area contributed by atoms with Crippen LogP contribution >= 0.6 is 11.3 Å². The molecule has 1 aromatic rings. The van der Waals surface area contributed by atoms with Crippen LogP contribution in [0.2, 0.25) is 0 Å². The summed E-state index contributed by atoms with van der Waals surface area (Å²) < 4.78 is 5.25. The Bertz CT molecular complexity index is 469. The van der Waals surface area contributed by atoms with Crippen molar-refractivity contribution in [3.8, 4) is 6.07 Å². The quantitative estimate of drug-likeness (QED) is 0.433. The lowest BCUT2D eigenvalue weighted by Gasteiger charge is -2.28. The van der Waals surface area contributed by atoms with Crippen LogP contribution in [-0.4, -0.2) is 41.6 Å². The molecule has 2 heterocycles. The molecule has 1 atom stereocenters. The number of ether oxygens (including phenoxy) is 1. The zero-order valence-corrected chi connectivity index (χ0v) is 10.4. The summed E-state index contributed by atoms with van der Waals surface area (Å²) in [4.78, 5) is 17.5. The van der Waals surface area contributed by atoms with Crippen LogP contribution < -0.4 is 11.3 Å². The summed E-state index contributed by atoms with van der Waals surface area (Å²) >= 11 is 1.25. The highest BCUT2D eigenvalue weighted by Gasteiger charge is 2.21. The van der Waals surface area contributed by atoms with Crippen molar-refractivity contribution in [2.24, 2.45) is 5.84 Å². The Kier molecular flexibility index (Phi) is 4.22. The predicted octanol–water partition coefficient (Wildman–Crippen LogP) is -0.529. The van der Waals surface area contributed by atoms with Crippen molar-refractivity contribution in [3.63, 3.8) is 0 Å². The average Bonchev–Trinajstić information content (AvgIpc) is 2.86. The van der Waals surface area contributed by atoms with E-state index in [1.54, 1.807) is 0 Å². The van der Waals surface area contributed by atoms with Crippen LogP contribution in [0.3, 0.4) is 0 Å². The van der Waals surface area contributed by atoms with E-state index in [1.165, 1.54) is 11.3 Å². The number of morpholine rings is 1. The molecule has 0 radical (unpaired) electrons. The number of hydrazine groups is 1. The van der Waals surface area contributed by atoms with Gasteiger partial charge in [0, 0.05) is 25.0 Å². The first-order chi connectivity index (χ1) is 8.72. The summed E-state index contributed by atoms with van der Waals surface area (Å²) in [5.74, 6) is 4.65. The van der Waals surface area contributed by atoms with E-state index >= 15 is 0 Å². The first-order valence-electron chi connectivity index (χ1n) is 5.42. The van der Waals surface area contributed by atoms with E-state index in [9.17, 15) is 4.79 Å². The second kappa shape index (κ2) is 5.88. The molecule has 1 aromatic heterocycles. The Balaban J connectivity index is 1.95. The maximum atomic E-state index is 11.3. The third-order valence-corrected chi connectivity index (χ3v) is 3.45. The Morgan fingerprint density at radius 2 is 2.67 bits per heavy atom. The number of hydrogen-bond acceptors (Lipinski definition) is 7. The summed E-state index contributed by atoms with van der Waals surface area (Å²) in [6.45, 7) is 2.47. The number of carbonyl (C=O) groups excluding carboxylic acids is 1. The highest BCUT2D eigenvalue weighted by atomic mass is 32.1. The van der Waals surface area contributed by atoms with Crippen molar-refractivity contribution in [1.82, 2.24) is 15.3 Å². The lowest BCUT2D eigenvalue weighted by molar-refractivity contribution is -0.00307. The molecule has 18 heavy (non-hydrogen) atoms. The number of nitrogen functional groups attached to an aromatic ring is 1. The molecule has 0 bridgehead atoms. The van der Waals surface area contributed by atoms with Crippen molar-refractivity contribution in [2.75, 3.05) is 19.7 Å². The highest BCUT2D eigenvalue weighted by Crippen LogP contribution is 2.13. The molecular formula is C10H13N5O2S. The van der Waals surface area contributed by atoms with E-state index in [0.29, 0.717) is 24.7 Å². The van der Waals surface area contributed by atoms with Crippen molar-refractivity contribution in [2.45, 2.75) is 12.6 Å². The smallest absolute Gasteiger partial charge is 0.294 e. The fourth-order valence-corrected chi connectivity index (χ4v) is 2.41. The minimum absolute atomic E-state index is 0.345. The number of carbonyl (C=O) groups is 1. The SMILES string of the molecule is N#CC1CN(Cc2csc(C(=O)NN)n2)CCO1. The number of amides is 1. The largest absolute Gasteiger partial charge is 0.361 e. The third kappa shape index (κ3) is 3.02. The Hall–Kier alpha value is -1.53. The average molecular weight is 267 g/mol. The van der Waals surface area contributed by atoms with Gasteiger partial charge in [0.1, 0.15) is 0 Å². The molecular weight excluding hydrogens is 254 g/mol. The van der Waals surface area contributed by atoms with E-state index in [0.717, 1.165) is 12.2 Å². The monoisotopic (exact) mass is 267 g/mol. The molecule has 0 aliphatic carbocycles. The summed E-state index contributed by atoms with van der Waals surface area (Å²) in [6, 6.07) is 2.09. The predicted molar refractivity (Wildman–Crippen MR) is 64.4 cm³/mol. The molecule has 1 aliphatic rings. The van der Waals surface area contributed by atoms with Crippen molar-refractivity contribution in [1.29, 1.82) is 5.26 Å². The Labute approximate surface area is 108 Å². The first-order valence-corrected chi connectivity index (χ1v) is 6.30. The van der Waals surface area contributed by atoms with Gasteiger partial charge in [-0.3, -0.25) is 15.1 Å². The van der Waals surface area contributed by atoms with Gasteiger partial charge in [-0.15, -0.1) is 11.3 Å². The van der Waals surface area contributed by atoms with Crippen molar-refractivity contribution < 1.29 is 9.53 Å². The zero-order valence-electron chi connectivity index (χ0n) is 9.63. The molecule has 1 aliphatic heterocycles. The number of rotatable bonds is 3. The van der Waals surface area contributed by atoms with Gasteiger partial charge in [-0.05, 0) is 0 Å². The fourth-order valence-electron chi connectivity index (χ4n) is 1.70. The molecule has 0 spiro atoms. The van der Waals surface area contributed by atoms with E-state index in [4.69, 9.17) is 15.8 Å². The Morgan fingerprint density at radius 1 is 1.83 bits per heavy atom. The summed E-state index contributed by atoms with van der Waals surface area (Å²) in [7, 11) is 0. The van der Waals surface area contributed by atoms with E-state index in [2.05, 4.69) is 16.0 Å². The number of aromatic nitrogens is 1. The van der Waals surface area contributed by atoms with Crippen LogP contribution in [0.15, 0.2) is 5.38 Å². The topological polar surface area (TPSA) is 104 Å². The molecule has 0 aromatic carbocycles. The van der Waals surface area contributed by atoms with Crippen LogP contribution in [0.5, 0.6) is 0 Å². The number of hydrogen-bond donors (Lipinski definition) is 2.